The maximum absolute atomic E-state index is 4.25. The van der Waals surface area contributed by atoms with E-state index in [0.717, 1.165) is 39.1 Å². The molecule has 0 aromatic rings. The van der Waals surface area contributed by atoms with Gasteiger partial charge in [-0.1, -0.05) is 0 Å². The quantitative estimate of drug-likeness (QED) is 0.216. The Kier molecular flexibility index (Phi) is 2.07. The van der Waals surface area contributed by atoms with Crippen molar-refractivity contribution in [2.75, 3.05) is 45.4 Å². The molecular formula is C32H56FeN4P2. The van der Waals surface area contributed by atoms with Gasteiger partial charge in [0, 0.05) is 0 Å². The molecular weight excluding hydrogens is 558 g/mol. The van der Waals surface area contributed by atoms with Crippen molar-refractivity contribution in [2.45, 2.75) is 137 Å². The molecule has 12 fully saturated rings. The van der Waals surface area contributed by atoms with Crippen molar-refractivity contribution in [3.63, 3.8) is 0 Å². The summed E-state index contributed by atoms with van der Waals surface area (Å²) >= 11 is 0. The number of piperazine rings is 2. The summed E-state index contributed by atoms with van der Waals surface area (Å²) in [5.41, 5.74) is 0.524. The van der Waals surface area contributed by atoms with Gasteiger partial charge in [-0.3, -0.25) is 0 Å². The van der Waals surface area contributed by atoms with Crippen molar-refractivity contribution < 1.29 is 6.51 Å². The second-order valence-corrected chi connectivity index (χ2v) is 49.3. The summed E-state index contributed by atoms with van der Waals surface area (Å²) in [4.78, 5) is 8.96. The van der Waals surface area contributed by atoms with Gasteiger partial charge in [-0.2, -0.15) is 0 Å². The van der Waals surface area contributed by atoms with Gasteiger partial charge in [-0.25, -0.2) is 0 Å². The Labute approximate surface area is 231 Å². The van der Waals surface area contributed by atoms with Crippen molar-refractivity contribution in [1.29, 1.82) is 0 Å². The van der Waals surface area contributed by atoms with Crippen molar-refractivity contribution in [1.82, 2.24) is 21.3 Å². The van der Waals surface area contributed by atoms with Crippen LogP contribution in [0.4, 0.5) is 0 Å². The molecule has 8 atom stereocenters. The first-order valence-electron chi connectivity index (χ1n) is 16.5. The Hall–Kier alpha value is 1.22. The van der Waals surface area contributed by atoms with Crippen LogP contribution in [0.1, 0.15) is 62.3 Å². The van der Waals surface area contributed by atoms with Gasteiger partial charge < -0.3 is 0 Å². The van der Waals surface area contributed by atoms with Gasteiger partial charge in [-0.05, 0) is 0 Å². The minimum absolute atomic E-state index is 0.0672. The Morgan fingerprint density at radius 3 is 1.51 bits per heavy atom. The summed E-state index contributed by atoms with van der Waals surface area (Å²) in [6.07, 6.45) is 1.66. The third-order valence-electron chi connectivity index (χ3n) is 22.3. The monoisotopic (exact) mass is 614 g/mol. The van der Waals surface area contributed by atoms with Gasteiger partial charge in [0.1, 0.15) is 0 Å². The maximum atomic E-state index is 4.25. The average molecular weight is 615 g/mol. The van der Waals surface area contributed by atoms with Gasteiger partial charge in [0.25, 0.3) is 0 Å². The fraction of sp³-hybridized carbons (Fsp3) is 1.00. The Balaban J connectivity index is 1.18. The van der Waals surface area contributed by atoms with Crippen LogP contribution in [0.5, 0.6) is 0 Å². The van der Waals surface area contributed by atoms with Crippen molar-refractivity contribution in [3.05, 3.63) is 0 Å². The second kappa shape index (κ2) is 3.43. The molecule has 7 heteroatoms. The molecule has 12 heterocycles. The van der Waals surface area contributed by atoms with E-state index in [-0.39, 0.29) is 7.92 Å². The molecule has 0 aromatic carbocycles. The summed E-state index contributed by atoms with van der Waals surface area (Å²) in [6, 6.07) is 1.19. The molecule has 0 bridgehead atoms. The van der Waals surface area contributed by atoms with E-state index >= 15 is 0 Å². The minimum atomic E-state index is -4.06. The van der Waals surface area contributed by atoms with Crippen LogP contribution < -0.4 is 21.3 Å². The van der Waals surface area contributed by atoms with Crippen LogP contribution in [0.25, 0.3) is 0 Å². The van der Waals surface area contributed by atoms with E-state index in [0.29, 0.717) is 33.0 Å². The van der Waals surface area contributed by atoms with Crippen LogP contribution in [0.3, 0.4) is 0 Å². The number of rotatable bonds is 5. The fourth-order valence-corrected chi connectivity index (χ4v) is 119. The van der Waals surface area contributed by atoms with Crippen LogP contribution in [-0.4, -0.2) is 73.0 Å². The molecule has 0 saturated carbocycles. The van der Waals surface area contributed by atoms with Gasteiger partial charge in [-0.15, -0.1) is 0 Å². The molecule has 4 N–H and O–H groups in total. The Morgan fingerprint density at radius 2 is 1.18 bits per heavy atom. The number of hydrogen-bond acceptors (Lipinski definition) is 4. The van der Waals surface area contributed by atoms with E-state index in [1.807, 2.05) is 0 Å². The van der Waals surface area contributed by atoms with Crippen LogP contribution in [0.2, 0.25) is 46.7 Å². The summed E-state index contributed by atoms with van der Waals surface area (Å²) in [5.74, 6) is 0. The fourth-order valence-electron chi connectivity index (χ4n) is 25.6. The summed E-state index contributed by atoms with van der Waals surface area (Å²) in [5, 5.41) is 17.5. The average Bonchev–Trinajstić information content (AvgIpc) is 3.80. The second-order valence-electron chi connectivity index (χ2n) is 21.5. The van der Waals surface area contributed by atoms with Gasteiger partial charge in [0.15, 0.2) is 0 Å². The van der Waals surface area contributed by atoms with Crippen LogP contribution >= 0.6 is 17.2 Å². The van der Waals surface area contributed by atoms with Gasteiger partial charge in [0.2, 0.25) is 0 Å². The van der Waals surface area contributed by atoms with Crippen molar-refractivity contribution in [2.24, 2.45) is 5.41 Å². The normalized spacial score (nSPS) is 74.3. The number of hydrogen-bond donors (Lipinski definition) is 4. The molecule has 12 rings (SSSR count). The van der Waals surface area contributed by atoms with E-state index in [9.17, 15) is 0 Å². The van der Waals surface area contributed by atoms with E-state index in [1.165, 1.54) is 46.8 Å². The van der Waals surface area contributed by atoms with Crippen molar-refractivity contribution >= 4 is 17.2 Å². The van der Waals surface area contributed by atoms with Gasteiger partial charge >= 0.3 is 232 Å². The van der Waals surface area contributed by atoms with E-state index in [2.05, 4.69) is 92.8 Å². The summed E-state index contributed by atoms with van der Waals surface area (Å²) < 4.78 is 2.37. The zero-order valence-electron chi connectivity index (χ0n) is 26.0. The topological polar surface area (TPSA) is 48.1 Å². The molecule has 12 saturated heterocycles. The van der Waals surface area contributed by atoms with Crippen LogP contribution in [0, 0.1) is 5.41 Å². The van der Waals surface area contributed by atoms with Crippen LogP contribution in [0.15, 0.2) is 0 Å². The summed E-state index contributed by atoms with van der Waals surface area (Å²) in [7, 11) is 3.80. The predicted octanol–water partition coefficient (Wildman–Crippen LogP) is 6.35. The first-order valence-corrected chi connectivity index (χ1v) is 24.8. The molecule has 4 nitrogen and oxygen atoms in total. The van der Waals surface area contributed by atoms with Gasteiger partial charge in [0.05, 0.1) is 0 Å². The molecule has 8 unspecified atom stereocenters. The molecule has 39 heavy (non-hydrogen) atoms. The van der Waals surface area contributed by atoms with E-state index in [4.69, 9.17) is 0 Å². The zero-order chi connectivity index (χ0) is 27.4. The van der Waals surface area contributed by atoms with E-state index < -0.39 is 6.51 Å². The molecule has 0 radical (unpaired) electrons. The number of fused-ring (bicyclic) bond motifs is 10. The molecule has 222 valence electrons. The third kappa shape index (κ3) is 0.587. The standard InChI is InChI=1S/C27H51N4P2.C5H5.Fe/c1-24(2,3)20-14-19(18-33(25(4,5)6)26(7,8)9)21(15-20)27(32,22-16-28-10-12-30-22)23-17-29-11-13-31-23;1-2-4-5-3-1;/h14-15,22-23,28-31H,10-13,16-18,32H2,1-9H3;1-5H;. The van der Waals surface area contributed by atoms with Crippen LogP contribution in [-0.2, 0) is 6.51 Å². The molecule has 0 aliphatic carbocycles. The predicted molar refractivity (Wildman–Crippen MR) is 167 cm³/mol. The molecule has 0 amide bonds. The Morgan fingerprint density at radius 1 is 0.718 bits per heavy atom. The first-order chi connectivity index (χ1) is 17.9. The van der Waals surface area contributed by atoms with E-state index in [1.54, 1.807) is 6.16 Å². The van der Waals surface area contributed by atoms with Crippen molar-refractivity contribution in [3.8, 4) is 0 Å². The molecule has 12 aliphatic rings. The molecule has 0 aromatic heterocycles. The Bertz CT molecular complexity index is 1620. The first kappa shape index (κ1) is 23.6. The summed E-state index contributed by atoms with van der Waals surface area (Å²) in [6.45, 7) is 26.9. The SMILES string of the molecule is CC(C)(C)P(C[C]12[CH]3[C]4(C(C)(C)C)[CH]5[C]1(C(P)(C1CNCCN1)C1CNCCN1)[Fe]35241678[CH]2[CH]1[CH]6[CH]7[CH]28)C(C)(C)C. The number of nitrogens with one attached hydrogen (secondary N) is 4. The third-order valence-corrected chi connectivity index (χ3v) is 72.6. The zero-order valence-corrected chi connectivity index (χ0v) is 29.2. The molecule has 1 spiro atoms. The molecule has 12 aliphatic heterocycles.